The first-order valence-electron chi connectivity index (χ1n) is 6.63. The molecule has 0 spiro atoms. The molecule has 4 atom stereocenters. The maximum Gasteiger partial charge on any atom is 0.250 e. The molecule has 4 fully saturated rings. The van der Waals surface area contributed by atoms with Crippen molar-refractivity contribution in [3.05, 3.63) is 0 Å². The van der Waals surface area contributed by atoms with Gasteiger partial charge in [0.15, 0.2) is 0 Å². The van der Waals surface area contributed by atoms with Crippen LogP contribution in [0.4, 0.5) is 0 Å². The Balaban J connectivity index is 1.62. The van der Waals surface area contributed by atoms with Crippen LogP contribution in [0.3, 0.4) is 0 Å². The average molecular weight is 252 g/mol. The van der Waals surface area contributed by atoms with Gasteiger partial charge in [-0.1, -0.05) is 0 Å². The minimum atomic E-state index is -0.223. The molecule has 4 rings (SSSR count). The van der Waals surface area contributed by atoms with Gasteiger partial charge in [0.2, 0.25) is 0 Å². The fraction of sp³-hybridized carbons (Fsp3) is 0.833. The predicted molar refractivity (Wildman–Crippen MR) is 59.1 cm³/mol. The van der Waals surface area contributed by atoms with E-state index in [-0.39, 0.29) is 35.9 Å². The smallest absolute Gasteiger partial charge is 0.250 e. The third-order valence-electron chi connectivity index (χ3n) is 4.53. The second kappa shape index (κ2) is 3.76. The fourth-order valence-corrected chi connectivity index (χ4v) is 3.73. The molecule has 0 aromatic heterocycles. The molecule has 0 saturated carbocycles. The van der Waals surface area contributed by atoms with Crippen molar-refractivity contribution in [2.75, 3.05) is 26.3 Å². The topological polar surface area (TPSA) is 59.1 Å². The molecule has 4 saturated heterocycles. The van der Waals surface area contributed by atoms with E-state index in [0.29, 0.717) is 26.3 Å². The number of hydrazine groups is 1. The standard InChI is InChI=1S/C12H16N2O4/c15-11-9-7-1-2-8(18-7)10(9)12(16)14(11)13-3-5-17-6-4-13/h7-10H,1-6H2/t7-,8+,9+,10-. The van der Waals surface area contributed by atoms with Gasteiger partial charge in [0.25, 0.3) is 11.8 Å². The molecule has 0 aromatic carbocycles. The SMILES string of the molecule is O=C1[C@@H]2[C@H](C(=O)N1N1CCOCC1)[C@@H]1CC[C@H]2O1. The molecule has 0 N–H and O–H groups in total. The number of ether oxygens (including phenoxy) is 2. The lowest BCUT2D eigenvalue weighted by Gasteiger charge is -2.33. The largest absolute Gasteiger partial charge is 0.379 e. The lowest BCUT2D eigenvalue weighted by atomic mass is 9.81. The van der Waals surface area contributed by atoms with Crippen LogP contribution >= 0.6 is 0 Å². The molecule has 6 nitrogen and oxygen atoms in total. The van der Waals surface area contributed by atoms with Crippen molar-refractivity contribution in [2.45, 2.75) is 25.0 Å². The van der Waals surface area contributed by atoms with Crippen molar-refractivity contribution in [2.24, 2.45) is 11.8 Å². The summed E-state index contributed by atoms with van der Waals surface area (Å²) in [7, 11) is 0. The van der Waals surface area contributed by atoms with Crippen molar-refractivity contribution in [1.82, 2.24) is 10.0 Å². The van der Waals surface area contributed by atoms with E-state index in [1.54, 1.807) is 0 Å². The molecule has 6 heteroatoms. The molecule has 0 unspecified atom stereocenters. The van der Waals surface area contributed by atoms with Crippen molar-refractivity contribution in [3.63, 3.8) is 0 Å². The lowest BCUT2D eigenvalue weighted by Crippen LogP contribution is -2.52. The van der Waals surface area contributed by atoms with Crippen LogP contribution < -0.4 is 0 Å². The minimum absolute atomic E-state index is 0.0255. The van der Waals surface area contributed by atoms with Crippen molar-refractivity contribution in [3.8, 4) is 0 Å². The summed E-state index contributed by atoms with van der Waals surface area (Å²) >= 11 is 0. The Morgan fingerprint density at radius 1 is 0.944 bits per heavy atom. The molecule has 4 aliphatic heterocycles. The fourth-order valence-electron chi connectivity index (χ4n) is 3.73. The van der Waals surface area contributed by atoms with Gasteiger partial charge >= 0.3 is 0 Å². The Labute approximate surface area is 105 Å². The Bertz CT molecular complexity index is 379. The number of carbonyl (C=O) groups excluding carboxylic acids is 2. The Hall–Kier alpha value is -0.980. The van der Waals surface area contributed by atoms with Gasteiger partial charge in [-0.2, -0.15) is 0 Å². The van der Waals surface area contributed by atoms with Gasteiger partial charge in [0.1, 0.15) is 0 Å². The molecule has 4 aliphatic rings. The van der Waals surface area contributed by atoms with E-state index in [9.17, 15) is 9.59 Å². The van der Waals surface area contributed by atoms with Crippen molar-refractivity contribution < 1.29 is 19.1 Å². The molecule has 0 radical (unpaired) electrons. The summed E-state index contributed by atoms with van der Waals surface area (Å²) in [5.74, 6) is -0.559. The van der Waals surface area contributed by atoms with Crippen LogP contribution in [-0.2, 0) is 19.1 Å². The zero-order chi connectivity index (χ0) is 12.3. The lowest BCUT2D eigenvalue weighted by molar-refractivity contribution is -0.168. The summed E-state index contributed by atoms with van der Waals surface area (Å²) in [6, 6.07) is 0. The predicted octanol–water partition coefficient (Wildman–Crippen LogP) is -0.604. The summed E-state index contributed by atoms with van der Waals surface area (Å²) in [6.45, 7) is 2.39. The zero-order valence-corrected chi connectivity index (χ0v) is 10.1. The number of amides is 2. The van der Waals surface area contributed by atoms with Gasteiger partial charge in [0.05, 0.1) is 37.3 Å². The van der Waals surface area contributed by atoms with Gasteiger partial charge in [-0.3, -0.25) is 9.59 Å². The van der Waals surface area contributed by atoms with Crippen LogP contribution in [0.15, 0.2) is 0 Å². The highest BCUT2D eigenvalue weighted by Crippen LogP contribution is 2.48. The first-order valence-corrected chi connectivity index (χ1v) is 6.63. The van der Waals surface area contributed by atoms with Gasteiger partial charge in [-0.25, -0.2) is 10.0 Å². The molecule has 2 amide bonds. The second-order valence-corrected chi connectivity index (χ2v) is 5.40. The van der Waals surface area contributed by atoms with Crippen LogP contribution in [0, 0.1) is 11.8 Å². The van der Waals surface area contributed by atoms with E-state index < -0.39 is 0 Å². The molecular weight excluding hydrogens is 236 g/mol. The number of morpholine rings is 1. The first kappa shape index (κ1) is 10.9. The summed E-state index contributed by atoms with van der Waals surface area (Å²) in [6.07, 6.45) is 1.79. The highest BCUT2D eigenvalue weighted by Gasteiger charge is 2.63. The molecule has 18 heavy (non-hydrogen) atoms. The third kappa shape index (κ3) is 1.28. The van der Waals surface area contributed by atoms with Crippen LogP contribution in [0.1, 0.15) is 12.8 Å². The molecule has 0 aliphatic carbocycles. The number of hydrogen-bond acceptors (Lipinski definition) is 5. The molecule has 0 aromatic rings. The highest BCUT2D eigenvalue weighted by atomic mass is 16.5. The number of imide groups is 1. The number of fused-ring (bicyclic) bond motifs is 5. The van der Waals surface area contributed by atoms with Gasteiger partial charge in [0, 0.05) is 13.1 Å². The Morgan fingerprint density at radius 2 is 1.50 bits per heavy atom. The monoisotopic (exact) mass is 252 g/mol. The summed E-state index contributed by atoms with van der Waals surface area (Å²) in [5, 5.41) is 3.22. The maximum absolute atomic E-state index is 12.4. The van der Waals surface area contributed by atoms with E-state index in [1.807, 2.05) is 5.01 Å². The second-order valence-electron chi connectivity index (χ2n) is 5.40. The van der Waals surface area contributed by atoms with E-state index in [0.717, 1.165) is 12.8 Å². The van der Waals surface area contributed by atoms with Gasteiger partial charge in [-0.05, 0) is 12.8 Å². The summed E-state index contributed by atoms with van der Waals surface area (Å²) < 4.78 is 11.0. The van der Waals surface area contributed by atoms with Crippen molar-refractivity contribution >= 4 is 11.8 Å². The van der Waals surface area contributed by atoms with Crippen LogP contribution in [0.2, 0.25) is 0 Å². The van der Waals surface area contributed by atoms with Gasteiger partial charge < -0.3 is 9.47 Å². The van der Waals surface area contributed by atoms with E-state index in [2.05, 4.69) is 0 Å². The number of rotatable bonds is 1. The minimum Gasteiger partial charge on any atom is -0.379 e. The normalized spacial score (nSPS) is 43.9. The van der Waals surface area contributed by atoms with Gasteiger partial charge in [-0.15, -0.1) is 0 Å². The Morgan fingerprint density at radius 3 is 2.06 bits per heavy atom. The van der Waals surface area contributed by atoms with E-state index >= 15 is 0 Å². The molecule has 2 bridgehead atoms. The summed E-state index contributed by atoms with van der Waals surface area (Å²) in [5.41, 5.74) is 0. The maximum atomic E-state index is 12.4. The average Bonchev–Trinajstić information content (AvgIpc) is 3.05. The molecule has 98 valence electrons. The van der Waals surface area contributed by atoms with E-state index in [1.165, 1.54) is 5.01 Å². The van der Waals surface area contributed by atoms with E-state index in [4.69, 9.17) is 9.47 Å². The summed E-state index contributed by atoms with van der Waals surface area (Å²) in [4.78, 5) is 24.9. The van der Waals surface area contributed by atoms with Crippen molar-refractivity contribution in [1.29, 1.82) is 0 Å². The number of carbonyl (C=O) groups is 2. The number of nitrogens with zero attached hydrogens (tertiary/aromatic N) is 2. The van der Waals surface area contributed by atoms with Crippen LogP contribution in [0.5, 0.6) is 0 Å². The van der Waals surface area contributed by atoms with Crippen LogP contribution in [-0.4, -0.2) is 60.3 Å². The zero-order valence-electron chi connectivity index (χ0n) is 10.1. The Kier molecular flexibility index (Phi) is 2.27. The first-order chi connectivity index (χ1) is 8.77. The number of hydrogen-bond donors (Lipinski definition) is 0. The third-order valence-corrected chi connectivity index (χ3v) is 4.53. The quantitative estimate of drug-likeness (QED) is 0.583. The molecule has 4 heterocycles. The molecular formula is C12H16N2O4. The highest BCUT2D eigenvalue weighted by molar-refractivity contribution is 6.05. The van der Waals surface area contributed by atoms with Crippen LogP contribution in [0.25, 0.3) is 0 Å².